The van der Waals surface area contributed by atoms with Crippen molar-refractivity contribution >= 4 is 39.0 Å². The van der Waals surface area contributed by atoms with Crippen LogP contribution in [0.1, 0.15) is 58.4 Å². The van der Waals surface area contributed by atoms with Crippen molar-refractivity contribution in [1.82, 2.24) is 14.5 Å². The number of ether oxygens (including phenoxy) is 1. The molecule has 2 bridgehead atoms. The van der Waals surface area contributed by atoms with E-state index in [-0.39, 0.29) is 26.5 Å². The molecule has 1 aliphatic heterocycles. The second kappa shape index (κ2) is 12.1. The van der Waals surface area contributed by atoms with Crippen LogP contribution in [0, 0.1) is 30.6 Å². The first-order valence-electron chi connectivity index (χ1n) is 16.9. The number of hydrogen-bond acceptors (Lipinski definition) is 5. The van der Waals surface area contributed by atoms with Crippen molar-refractivity contribution in [2.75, 3.05) is 9.80 Å². The second-order valence-electron chi connectivity index (χ2n) is 14.4. The van der Waals surface area contributed by atoms with Crippen LogP contribution in [0.2, 0.25) is 0 Å². The predicted octanol–water partition coefficient (Wildman–Crippen LogP) is 9.92. The van der Waals surface area contributed by atoms with Gasteiger partial charge < -0.3 is 19.1 Å². The summed E-state index contributed by atoms with van der Waals surface area (Å²) >= 11 is 0. The molecule has 6 aromatic rings. The molecule has 3 fully saturated rings. The van der Waals surface area contributed by atoms with Crippen LogP contribution >= 0.6 is 0 Å². The van der Waals surface area contributed by atoms with E-state index < -0.39 is 0 Å². The van der Waals surface area contributed by atoms with Crippen LogP contribution in [0.25, 0.3) is 27.6 Å². The van der Waals surface area contributed by atoms with E-state index in [9.17, 15) is 0 Å². The number of aromatic nitrogens is 3. The summed E-state index contributed by atoms with van der Waals surface area (Å²) in [6.07, 6.45) is 10.5. The molecule has 1 atom stereocenters. The summed E-state index contributed by atoms with van der Waals surface area (Å²) < 4.78 is 8.70. The van der Waals surface area contributed by atoms with Crippen LogP contribution in [0.4, 0.5) is 17.2 Å². The summed E-state index contributed by atoms with van der Waals surface area (Å²) in [5.74, 6) is 4.68. The van der Waals surface area contributed by atoms with Crippen molar-refractivity contribution in [3.8, 4) is 17.3 Å². The van der Waals surface area contributed by atoms with Gasteiger partial charge in [-0.2, -0.15) is 12.1 Å². The Kier molecular flexibility index (Phi) is 7.83. The fraction of sp³-hybridized carbons (Fsp3) is 0.293. The monoisotopic (exact) mass is 811 g/mol. The van der Waals surface area contributed by atoms with Crippen LogP contribution in [0.3, 0.4) is 0 Å². The van der Waals surface area contributed by atoms with Gasteiger partial charge in [-0.05, 0) is 77.8 Å². The molecule has 6 nitrogen and oxygen atoms in total. The summed E-state index contributed by atoms with van der Waals surface area (Å²) in [5.41, 5.74) is 5.35. The molecule has 1 unspecified atom stereocenters. The van der Waals surface area contributed by atoms with E-state index in [1.807, 2.05) is 36.7 Å². The van der Waals surface area contributed by atoms with E-state index in [0.29, 0.717) is 17.5 Å². The first-order chi connectivity index (χ1) is 22.9. The second-order valence-corrected chi connectivity index (χ2v) is 14.4. The maximum absolute atomic E-state index is 6.50. The summed E-state index contributed by atoms with van der Waals surface area (Å²) in [7, 11) is 0. The number of pyridine rings is 2. The number of fused-ring (bicyclic) bond motifs is 7. The molecule has 246 valence electrons. The maximum Gasteiger partial charge on any atom is 0.135 e. The van der Waals surface area contributed by atoms with Gasteiger partial charge in [0, 0.05) is 62.2 Å². The molecule has 3 aromatic heterocycles. The van der Waals surface area contributed by atoms with Crippen molar-refractivity contribution in [3.05, 3.63) is 116 Å². The molecular weight excluding hydrogens is 774 g/mol. The van der Waals surface area contributed by atoms with Gasteiger partial charge in [0.15, 0.2) is 0 Å². The SMILES string of the molecule is CC(C)(C)c1ccnc(-n2c3[c-]c(Oc4[c-]c(N5[CH-]N(C6CC7CCC6CC7)c6cccnc65)ccc4)ccc3c3ccccc32)c1.[Pt]. The number of anilines is 3. The Morgan fingerprint density at radius 3 is 2.46 bits per heavy atom. The molecule has 0 saturated heterocycles. The van der Waals surface area contributed by atoms with Crippen molar-refractivity contribution in [2.24, 2.45) is 11.8 Å². The Bertz CT molecular complexity index is 2130. The number of hydrogen-bond donors (Lipinski definition) is 0. The van der Waals surface area contributed by atoms with Gasteiger partial charge >= 0.3 is 0 Å². The Balaban J connectivity index is 0.00000336. The van der Waals surface area contributed by atoms with Gasteiger partial charge in [-0.25, -0.2) is 9.97 Å². The fourth-order valence-corrected chi connectivity index (χ4v) is 8.07. The topological polar surface area (TPSA) is 46.4 Å². The van der Waals surface area contributed by atoms with Crippen molar-refractivity contribution in [1.29, 1.82) is 0 Å². The normalized spacial score (nSPS) is 20.3. The molecule has 7 heteroatoms. The van der Waals surface area contributed by atoms with Crippen molar-refractivity contribution < 1.29 is 25.8 Å². The number of benzene rings is 3. The summed E-state index contributed by atoms with van der Waals surface area (Å²) in [6.45, 7) is 8.93. The Morgan fingerprint density at radius 2 is 1.65 bits per heavy atom. The molecule has 0 radical (unpaired) electrons. The summed E-state index contributed by atoms with van der Waals surface area (Å²) in [6, 6.07) is 34.9. The van der Waals surface area contributed by atoms with Crippen LogP contribution in [-0.4, -0.2) is 20.6 Å². The van der Waals surface area contributed by atoms with Crippen LogP contribution in [0.15, 0.2) is 91.3 Å². The zero-order valence-corrected chi connectivity index (χ0v) is 29.7. The van der Waals surface area contributed by atoms with Crippen LogP contribution in [-0.2, 0) is 26.5 Å². The molecule has 4 aliphatic rings. The van der Waals surface area contributed by atoms with Crippen molar-refractivity contribution in [2.45, 2.75) is 64.3 Å². The average molecular weight is 812 g/mol. The minimum Gasteiger partial charge on any atom is -0.509 e. The number of nitrogens with zero attached hydrogens (tertiary/aromatic N) is 5. The molecule has 4 heterocycles. The maximum atomic E-state index is 6.50. The van der Waals surface area contributed by atoms with Gasteiger partial charge in [0.25, 0.3) is 0 Å². The standard InChI is InChI=1S/C41H38N5O.Pt/c1-41(2,3)29-19-21-42-39(23-29)46-35-11-5-4-10-33(35)34-18-17-32(25-38(34)46)47-31-9-6-8-30(24-31)44-26-45(36-12-7-20-43-40(36)44)37-22-27-13-15-28(37)16-14-27;/h4-12,17-21,23,26-28,37H,13-16,22H2,1-3H3;/q-3;. The largest absolute Gasteiger partial charge is 0.509 e. The number of rotatable bonds is 5. The van der Waals surface area contributed by atoms with Gasteiger partial charge in [-0.1, -0.05) is 63.0 Å². The number of para-hydroxylation sites is 1. The third-order valence-electron chi connectivity index (χ3n) is 10.5. The van der Waals surface area contributed by atoms with Crippen molar-refractivity contribution in [3.63, 3.8) is 0 Å². The van der Waals surface area contributed by atoms with Crippen LogP contribution in [0.5, 0.6) is 11.5 Å². The third-order valence-corrected chi connectivity index (χ3v) is 10.5. The first kappa shape index (κ1) is 31.1. The minimum absolute atomic E-state index is 0. The molecule has 3 aliphatic carbocycles. The van der Waals surface area contributed by atoms with E-state index in [2.05, 4.69) is 109 Å². The molecule has 10 rings (SSSR count). The molecule has 0 N–H and O–H groups in total. The molecule has 0 amide bonds. The molecule has 3 saturated carbocycles. The molecule has 3 aromatic carbocycles. The first-order valence-corrected chi connectivity index (χ1v) is 16.9. The predicted molar refractivity (Wildman–Crippen MR) is 188 cm³/mol. The quantitative estimate of drug-likeness (QED) is 0.162. The Morgan fingerprint density at radius 1 is 0.812 bits per heavy atom. The third kappa shape index (κ3) is 5.29. The van der Waals surface area contributed by atoms with Gasteiger partial charge in [-0.3, -0.25) is 0 Å². The Hall–Kier alpha value is -4.15. The van der Waals surface area contributed by atoms with E-state index in [0.717, 1.165) is 51.0 Å². The average Bonchev–Trinajstić information content (AvgIpc) is 3.65. The molecular formula is C41H38N5OPt-3. The van der Waals surface area contributed by atoms with E-state index in [1.165, 1.54) is 43.4 Å². The van der Waals surface area contributed by atoms with E-state index in [4.69, 9.17) is 14.7 Å². The van der Waals surface area contributed by atoms with Gasteiger partial charge in [-0.15, -0.1) is 42.4 Å². The zero-order valence-electron chi connectivity index (χ0n) is 27.5. The van der Waals surface area contributed by atoms with E-state index >= 15 is 0 Å². The fourth-order valence-electron chi connectivity index (χ4n) is 8.07. The van der Waals surface area contributed by atoms with Gasteiger partial charge in [0.2, 0.25) is 0 Å². The summed E-state index contributed by atoms with van der Waals surface area (Å²) in [4.78, 5) is 14.3. The summed E-state index contributed by atoms with van der Waals surface area (Å²) in [5, 5.41) is 2.27. The van der Waals surface area contributed by atoms with Gasteiger partial charge in [0.1, 0.15) is 11.6 Å². The minimum atomic E-state index is 0. The van der Waals surface area contributed by atoms with Crippen LogP contribution < -0.4 is 14.5 Å². The van der Waals surface area contributed by atoms with E-state index in [1.54, 1.807) is 0 Å². The zero-order chi connectivity index (χ0) is 31.7. The van der Waals surface area contributed by atoms with Gasteiger partial charge in [0.05, 0.1) is 0 Å². The smallest absolute Gasteiger partial charge is 0.135 e. The molecule has 48 heavy (non-hydrogen) atoms. The molecule has 0 spiro atoms. The Labute approximate surface area is 297 Å².